The van der Waals surface area contributed by atoms with E-state index in [1.807, 2.05) is 35.4 Å². The van der Waals surface area contributed by atoms with Gasteiger partial charge in [0.05, 0.1) is 17.3 Å². The minimum absolute atomic E-state index is 0.0267. The van der Waals surface area contributed by atoms with Crippen LogP contribution in [0.15, 0.2) is 79.5 Å². The third kappa shape index (κ3) is 4.39. The summed E-state index contributed by atoms with van der Waals surface area (Å²) >= 11 is 0. The van der Waals surface area contributed by atoms with E-state index >= 15 is 0 Å². The van der Waals surface area contributed by atoms with Crippen molar-refractivity contribution >= 4 is 5.91 Å². The molecule has 4 aromatic rings. The lowest BCUT2D eigenvalue weighted by Gasteiger charge is -2.33. The molecule has 7 heteroatoms. The van der Waals surface area contributed by atoms with E-state index in [0.717, 1.165) is 35.2 Å². The molecular weight excluding hydrogens is 424 g/mol. The minimum Gasteiger partial charge on any atom is -0.338 e. The van der Waals surface area contributed by atoms with Crippen molar-refractivity contribution in [2.24, 2.45) is 0 Å². The van der Waals surface area contributed by atoms with E-state index in [1.54, 1.807) is 49.1 Å². The fourth-order valence-electron chi connectivity index (χ4n) is 4.35. The molecule has 0 saturated carbocycles. The van der Waals surface area contributed by atoms with Crippen LogP contribution in [0.5, 0.6) is 0 Å². The van der Waals surface area contributed by atoms with Crippen LogP contribution < -0.4 is 0 Å². The van der Waals surface area contributed by atoms with Crippen LogP contribution in [0.25, 0.3) is 22.5 Å². The third-order valence-electron chi connectivity index (χ3n) is 6.09. The largest absolute Gasteiger partial charge is 0.338 e. The highest BCUT2D eigenvalue weighted by molar-refractivity contribution is 5.94. The predicted octanol–water partition coefficient (Wildman–Crippen LogP) is 4.49. The minimum atomic E-state index is -0.0267. The van der Waals surface area contributed by atoms with Gasteiger partial charge in [0.15, 0.2) is 5.82 Å². The number of carbonyl (C=O) groups is 1. The standard InChI is InChI=1S/C27H22N6O/c28-15-19-5-7-21(8-6-19)27(34)33-14-2-4-23(18-33)25-24(20-9-12-29-13-10-20)17-31-26(32-25)22-3-1-11-30-16-22/h1,3,5-13,16-17,23H,2,4,14,18H2. The van der Waals surface area contributed by atoms with Gasteiger partial charge in [0.1, 0.15) is 0 Å². The highest BCUT2D eigenvalue weighted by Gasteiger charge is 2.29. The van der Waals surface area contributed by atoms with E-state index in [2.05, 4.69) is 21.0 Å². The summed E-state index contributed by atoms with van der Waals surface area (Å²) in [4.78, 5) is 33.0. The molecule has 5 rings (SSSR count). The molecule has 0 bridgehead atoms. The SMILES string of the molecule is N#Cc1ccc(C(=O)N2CCCC(c3nc(-c4cccnc4)ncc3-c3ccncc3)C2)cc1. The molecule has 1 aromatic carbocycles. The summed E-state index contributed by atoms with van der Waals surface area (Å²) in [6.45, 7) is 1.26. The molecule has 1 unspecified atom stereocenters. The van der Waals surface area contributed by atoms with Gasteiger partial charge in [-0.15, -0.1) is 0 Å². The summed E-state index contributed by atoms with van der Waals surface area (Å²) in [5, 5.41) is 9.04. The number of amides is 1. The second-order valence-corrected chi connectivity index (χ2v) is 8.25. The van der Waals surface area contributed by atoms with Crippen LogP contribution >= 0.6 is 0 Å². The highest BCUT2D eigenvalue weighted by Crippen LogP contribution is 2.34. The Kier molecular flexibility index (Phi) is 6.04. The number of benzene rings is 1. The van der Waals surface area contributed by atoms with Crippen molar-refractivity contribution in [1.82, 2.24) is 24.8 Å². The van der Waals surface area contributed by atoms with E-state index in [4.69, 9.17) is 10.2 Å². The quantitative estimate of drug-likeness (QED) is 0.458. The van der Waals surface area contributed by atoms with Gasteiger partial charge >= 0.3 is 0 Å². The maximum atomic E-state index is 13.2. The van der Waals surface area contributed by atoms with Crippen LogP contribution in [0.4, 0.5) is 0 Å². The average Bonchev–Trinajstić information content (AvgIpc) is 2.93. The van der Waals surface area contributed by atoms with Crippen LogP contribution in [0.3, 0.4) is 0 Å². The van der Waals surface area contributed by atoms with E-state index in [0.29, 0.717) is 30.0 Å². The first-order chi connectivity index (χ1) is 16.7. The fourth-order valence-corrected chi connectivity index (χ4v) is 4.35. The molecular formula is C27H22N6O. The van der Waals surface area contributed by atoms with Crippen molar-refractivity contribution in [1.29, 1.82) is 5.26 Å². The van der Waals surface area contributed by atoms with Crippen molar-refractivity contribution in [3.05, 3.63) is 96.3 Å². The Bertz CT molecular complexity index is 1330. The monoisotopic (exact) mass is 446 g/mol. The average molecular weight is 447 g/mol. The normalized spacial score (nSPS) is 15.5. The number of hydrogen-bond donors (Lipinski definition) is 0. The summed E-state index contributed by atoms with van der Waals surface area (Å²) in [6.07, 6.45) is 10.7. The third-order valence-corrected chi connectivity index (χ3v) is 6.09. The molecule has 4 heterocycles. The van der Waals surface area contributed by atoms with Crippen molar-refractivity contribution in [2.45, 2.75) is 18.8 Å². The van der Waals surface area contributed by atoms with Crippen LogP contribution in [0, 0.1) is 11.3 Å². The van der Waals surface area contributed by atoms with Gasteiger partial charge in [0.2, 0.25) is 0 Å². The smallest absolute Gasteiger partial charge is 0.253 e. The lowest BCUT2D eigenvalue weighted by atomic mass is 9.89. The number of piperidine rings is 1. The maximum absolute atomic E-state index is 13.2. The number of pyridine rings is 2. The lowest BCUT2D eigenvalue weighted by molar-refractivity contribution is 0.0706. The molecule has 1 aliphatic rings. The maximum Gasteiger partial charge on any atom is 0.253 e. The van der Waals surface area contributed by atoms with Crippen LogP contribution in [0.1, 0.15) is 40.4 Å². The predicted molar refractivity (Wildman–Crippen MR) is 128 cm³/mol. The Morgan fingerprint density at radius 1 is 0.971 bits per heavy atom. The molecule has 3 aromatic heterocycles. The van der Waals surface area contributed by atoms with Crippen LogP contribution in [-0.2, 0) is 0 Å². The van der Waals surface area contributed by atoms with Gasteiger partial charge in [0.25, 0.3) is 5.91 Å². The van der Waals surface area contributed by atoms with Crippen LogP contribution in [-0.4, -0.2) is 43.8 Å². The molecule has 1 aliphatic heterocycles. The van der Waals surface area contributed by atoms with Gasteiger partial charge in [-0.3, -0.25) is 14.8 Å². The van der Waals surface area contributed by atoms with Gasteiger partial charge in [-0.2, -0.15) is 5.26 Å². The first-order valence-corrected chi connectivity index (χ1v) is 11.2. The molecule has 0 N–H and O–H groups in total. The van der Waals surface area contributed by atoms with E-state index in [1.165, 1.54) is 0 Å². The van der Waals surface area contributed by atoms with Gasteiger partial charge in [-0.1, -0.05) is 0 Å². The number of rotatable bonds is 4. The number of likely N-dealkylation sites (tertiary alicyclic amines) is 1. The summed E-state index contributed by atoms with van der Waals surface area (Å²) in [7, 11) is 0. The lowest BCUT2D eigenvalue weighted by Crippen LogP contribution is -2.39. The summed E-state index contributed by atoms with van der Waals surface area (Å²) in [6, 6.07) is 16.6. The van der Waals surface area contributed by atoms with Crippen molar-refractivity contribution in [2.75, 3.05) is 13.1 Å². The van der Waals surface area contributed by atoms with Crippen molar-refractivity contribution in [3.63, 3.8) is 0 Å². The topological polar surface area (TPSA) is 95.7 Å². The van der Waals surface area contributed by atoms with Gasteiger partial charge in [-0.25, -0.2) is 9.97 Å². The Morgan fingerprint density at radius 2 is 1.79 bits per heavy atom. The van der Waals surface area contributed by atoms with E-state index in [-0.39, 0.29) is 11.8 Å². The summed E-state index contributed by atoms with van der Waals surface area (Å²) < 4.78 is 0. The number of nitriles is 1. The molecule has 1 saturated heterocycles. The highest BCUT2D eigenvalue weighted by atomic mass is 16.2. The number of hydrogen-bond acceptors (Lipinski definition) is 6. The first-order valence-electron chi connectivity index (χ1n) is 11.2. The Morgan fingerprint density at radius 3 is 2.53 bits per heavy atom. The zero-order valence-corrected chi connectivity index (χ0v) is 18.5. The first kappa shape index (κ1) is 21.4. The molecule has 0 radical (unpaired) electrons. The number of aromatic nitrogens is 4. The Balaban J connectivity index is 1.49. The van der Waals surface area contributed by atoms with Gasteiger partial charge < -0.3 is 4.90 Å². The summed E-state index contributed by atoms with van der Waals surface area (Å²) in [5.41, 5.74) is 4.86. The molecule has 166 valence electrons. The van der Waals surface area contributed by atoms with Crippen LogP contribution in [0.2, 0.25) is 0 Å². The van der Waals surface area contributed by atoms with Gasteiger partial charge in [-0.05, 0) is 66.9 Å². The Hall–Kier alpha value is -4.44. The number of carbonyl (C=O) groups excluding carboxylic acids is 1. The second-order valence-electron chi connectivity index (χ2n) is 8.25. The molecule has 1 amide bonds. The second kappa shape index (κ2) is 9.59. The molecule has 0 aliphatic carbocycles. The molecule has 0 spiro atoms. The molecule has 7 nitrogen and oxygen atoms in total. The number of nitrogens with zero attached hydrogens (tertiary/aromatic N) is 6. The van der Waals surface area contributed by atoms with Crippen molar-refractivity contribution < 1.29 is 4.79 Å². The van der Waals surface area contributed by atoms with E-state index in [9.17, 15) is 4.79 Å². The zero-order chi connectivity index (χ0) is 23.3. The van der Waals surface area contributed by atoms with Gasteiger partial charge in [0, 0.05) is 66.7 Å². The fraction of sp³-hybridized carbons (Fsp3) is 0.185. The molecule has 1 atom stereocenters. The Labute approximate surface area is 197 Å². The molecule has 1 fully saturated rings. The molecule has 34 heavy (non-hydrogen) atoms. The van der Waals surface area contributed by atoms with E-state index < -0.39 is 0 Å². The van der Waals surface area contributed by atoms with Crippen molar-refractivity contribution in [3.8, 4) is 28.6 Å². The summed E-state index contributed by atoms with van der Waals surface area (Å²) in [5.74, 6) is 0.662. The zero-order valence-electron chi connectivity index (χ0n) is 18.5.